The molecule has 3 heterocycles. The summed E-state index contributed by atoms with van der Waals surface area (Å²) >= 11 is 0. The SMILES string of the molecule is CNCCCNC(=O)c1ccc(NC(=O)c2ccc3[nH]c4c(c3c2)C(C)CNC4=O)cn1. The van der Waals surface area contributed by atoms with Crippen LogP contribution in [-0.4, -0.2) is 54.4 Å². The van der Waals surface area contributed by atoms with E-state index >= 15 is 0 Å². The zero-order valence-electron chi connectivity index (χ0n) is 18.0. The molecule has 1 atom stereocenters. The second kappa shape index (κ2) is 9.19. The lowest BCUT2D eigenvalue weighted by molar-refractivity contribution is 0.0933. The first-order chi connectivity index (χ1) is 15.5. The summed E-state index contributed by atoms with van der Waals surface area (Å²) in [6, 6.07) is 8.55. The van der Waals surface area contributed by atoms with Gasteiger partial charge in [0, 0.05) is 35.5 Å². The molecule has 32 heavy (non-hydrogen) atoms. The van der Waals surface area contributed by atoms with Gasteiger partial charge in [0.25, 0.3) is 17.7 Å². The van der Waals surface area contributed by atoms with E-state index in [0.29, 0.717) is 35.7 Å². The van der Waals surface area contributed by atoms with E-state index in [4.69, 9.17) is 0 Å². The smallest absolute Gasteiger partial charge is 0.269 e. The van der Waals surface area contributed by atoms with E-state index < -0.39 is 0 Å². The number of hydrogen-bond acceptors (Lipinski definition) is 5. The molecule has 2 aromatic heterocycles. The summed E-state index contributed by atoms with van der Waals surface area (Å²) in [4.78, 5) is 44.4. The van der Waals surface area contributed by atoms with Crippen molar-refractivity contribution in [3.63, 3.8) is 0 Å². The second-order valence-corrected chi connectivity index (χ2v) is 7.88. The summed E-state index contributed by atoms with van der Waals surface area (Å²) in [7, 11) is 1.86. The molecule has 9 nitrogen and oxygen atoms in total. The van der Waals surface area contributed by atoms with Gasteiger partial charge >= 0.3 is 0 Å². The van der Waals surface area contributed by atoms with E-state index in [9.17, 15) is 14.4 Å². The number of nitrogens with zero attached hydrogens (tertiary/aromatic N) is 1. The van der Waals surface area contributed by atoms with Crippen molar-refractivity contribution in [2.24, 2.45) is 0 Å². The predicted molar refractivity (Wildman–Crippen MR) is 122 cm³/mol. The number of carbonyl (C=O) groups is 3. The first kappa shape index (κ1) is 21.5. The molecule has 3 amide bonds. The molecule has 5 N–H and O–H groups in total. The molecular weight excluding hydrogens is 408 g/mol. The van der Waals surface area contributed by atoms with Crippen LogP contribution >= 0.6 is 0 Å². The Hall–Kier alpha value is -3.72. The van der Waals surface area contributed by atoms with Gasteiger partial charge in [-0.2, -0.15) is 0 Å². The van der Waals surface area contributed by atoms with Gasteiger partial charge < -0.3 is 26.3 Å². The fourth-order valence-electron chi connectivity index (χ4n) is 3.84. The van der Waals surface area contributed by atoms with Crippen molar-refractivity contribution in [2.45, 2.75) is 19.3 Å². The molecule has 1 unspecified atom stereocenters. The lowest BCUT2D eigenvalue weighted by Crippen LogP contribution is -2.33. The van der Waals surface area contributed by atoms with Crippen LogP contribution in [0.4, 0.5) is 5.69 Å². The molecule has 4 rings (SSSR count). The molecule has 0 spiro atoms. The number of aromatic nitrogens is 2. The van der Waals surface area contributed by atoms with E-state index in [1.54, 1.807) is 24.3 Å². The number of rotatable bonds is 7. The Morgan fingerprint density at radius 3 is 2.75 bits per heavy atom. The van der Waals surface area contributed by atoms with Crippen molar-refractivity contribution in [1.82, 2.24) is 25.9 Å². The molecular formula is C23H26N6O3. The van der Waals surface area contributed by atoms with Gasteiger partial charge in [-0.3, -0.25) is 14.4 Å². The van der Waals surface area contributed by atoms with Crippen LogP contribution in [0.3, 0.4) is 0 Å². The summed E-state index contributed by atoms with van der Waals surface area (Å²) < 4.78 is 0. The van der Waals surface area contributed by atoms with Crippen LogP contribution in [0, 0.1) is 0 Å². The van der Waals surface area contributed by atoms with Gasteiger partial charge in [0.2, 0.25) is 0 Å². The van der Waals surface area contributed by atoms with Gasteiger partial charge in [0.1, 0.15) is 11.4 Å². The highest BCUT2D eigenvalue weighted by Crippen LogP contribution is 2.32. The first-order valence-corrected chi connectivity index (χ1v) is 10.6. The van der Waals surface area contributed by atoms with Crippen molar-refractivity contribution >= 4 is 34.3 Å². The Labute approximate surface area is 185 Å². The van der Waals surface area contributed by atoms with Gasteiger partial charge in [0.05, 0.1) is 11.9 Å². The summed E-state index contributed by atoms with van der Waals surface area (Å²) in [6.45, 7) is 3.99. The third-order valence-corrected chi connectivity index (χ3v) is 5.53. The number of anilines is 1. The van der Waals surface area contributed by atoms with E-state index in [2.05, 4.69) is 31.2 Å². The van der Waals surface area contributed by atoms with Crippen LogP contribution in [0.25, 0.3) is 10.9 Å². The lowest BCUT2D eigenvalue weighted by atomic mass is 9.93. The van der Waals surface area contributed by atoms with Crippen molar-refractivity contribution in [2.75, 3.05) is 32.0 Å². The number of aromatic amines is 1. The molecule has 0 radical (unpaired) electrons. The zero-order valence-corrected chi connectivity index (χ0v) is 18.0. The van der Waals surface area contributed by atoms with E-state index in [0.717, 1.165) is 29.4 Å². The predicted octanol–water partition coefficient (Wildman–Crippen LogP) is 2.00. The Morgan fingerprint density at radius 2 is 2.00 bits per heavy atom. The summed E-state index contributed by atoms with van der Waals surface area (Å²) in [5.41, 5.74) is 3.57. The number of nitrogens with one attached hydrogen (secondary N) is 5. The van der Waals surface area contributed by atoms with E-state index in [1.807, 2.05) is 20.0 Å². The topological polar surface area (TPSA) is 128 Å². The fraction of sp³-hybridized carbons (Fsp3) is 0.304. The third kappa shape index (κ3) is 4.33. The van der Waals surface area contributed by atoms with Crippen LogP contribution in [0.5, 0.6) is 0 Å². The van der Waals surface area contributed by atoms with E-state index in [-0.39, 0.29) is 23.6 Å². The third-order valence-electron chi connectivity index (χ3n) is 5.53. The van der Waals surface area contributed by atoms with Gasteiger partial charge in [0.15, 0.2) is 0 Å². The number of H-pyrrole nitrogens is 1. The number of fused-ring (bicyclic) bond motifs is 3. The van der Waals surface area contributed by atoms with Crippen LogP contribution in [0.15, 0.2) is 36.5 Å². The monoisotopic (exact) mass is 434 g/mol. The van der Waals surface area contributed by atoms with Gasteiger partial charge in [-0.05, 0) is 55.9 Å². The maximum atomic E-state index is 12.8. The minimum Gasteiger partial charge on any atom is -0.351 e. The Morgan fingerprint density at radius 1 is 1.16 bits per heavy atom. The fourth-order valence-corrected chi connectivity index (χ4v) is 3.84. The highest BCUT2D eigenvalue weighted by Gasteiger charge is 2.27. The van der Waals surface area contributed by atoms with Gasteiger partial charge in [-0.1, -0.05) is 6.92 Å². The molecule has 3 aromatic rings. The minimum atomic E-state index is -0.291. The minimum absolute atomic E-state index is 0.127. The van der Waals surface area contributed by atoms with Gasteiger partial charge in [-0.25, -0.2) is 4.98 Å². The molecule has 1 aliphatic heterocycles. The normalized spacial score (nSPS) is 15.2. The molecule has 0 saturated carbocycles. The van der Waals surface area contributed by atoms with Crippen LogP contribution in [-0.2, 0) is 0 Å². The number of carbonyl (C=O) groups excluding carboxylic acids is 3. The standard InChI is InChI=1S/C23H26N6O3/c1-13-11-27-23(32)20-19(13)16-10-14(4-6-17(16)29-20)21(30)28-15-5-7-18(26-12-15)22(31)25-9-3-8-24-2/h4-7,10,12-13,24,29H,3,8-9,11H2,1-2H3,(H,25,31)(H,27,32)(H,28,30). The van der Waals surface area contributed by atoms with Crippen molar-refractivity contribution in [3.8, 4) is 0 Å². The zero-order chi connectivity index (χ0) is 22.7. The molecule has 9 heteroatoms. The van der Waals surface area contributed by atoms with Crippen LogP contribution in [0.2, 0.25) is 0 Å². The lowest BCUT2D eigenvalue weighted by Gasteiger charge is -2.19. The Bertz CT molecular complexity index is 1170. The number of amides is 3. The highest BCUT2D eigenvalue weighted by molar-refractivity contribution is 6.08. The molecule has 0 bridgehead atoms. The largest absolute Gasteiger partial charge is 0.351 e. The summed E-state index contributed by atoms with van der Waals surface area (Å²) in [6.07, 6.45) is 2.29. The number of hydrogen-bond donors (Lipinski definition) is 5. The molecule has 0 fully saturated rings. The first-order valence-electron chi connectivity index (χ1n) is 10.6. The molecule has 1 aliphatic rings. The Kier molecular flexibility index (Phi) is 6.18. The van der Waals surface area contributed by atoms with Gasteiger partial charge in [-0.15, -0.1) is 0 Å². The maximum absolute atomic E-state index is 12.8. The molecule has 166 valence electrons. The highest BCUT2D eigenvalue weighted by atomic mass is 16.2. The average Bonchev–Trinajstić information content (AvgIpc) is 3.19. The average molecular weight is 435 g/mol. The van der Waals surface area contributed by atoms with Crippen molar-refractivity contribution < 1.29 is 14.4 Å². The summed E-state index contributed by atoms with van der Waals surface area (Å²) in [5.74, 6) is -0.519. The second-order valence-electron chi connectivity index (χ2n) is 7.88. The molecule has 0 aliphatic carbocycles. The number of pyridine rings is 1. The van der Waals surface area contributed by atoms with Crippen LogP contribution < -0.4 is 21.3 Å². The Balaban J connectivity index is 1.46. The maximum Gasteiger partial charge on any atom is 0.269 e. The van der Waals surface area contributed by atoms with Crippen molar-refractivity contribution in [1.29, 1.82) is 0 Å². The number of benzene rings is 1. The molecule has 1 aromatic carbocycles. The van der Waals surface area contributed by atoms with Crippen molar-refractivity contribution in [3.05, 3.63) is 59.0 Å². The quantitative estimate of drug-likeness (QED) is 0.364. The van der Waals surface area contributed by atoms with Crippen LogP contribution in [0.1, 0.15) is 56.2 Å². The molecule has 0 saturated heterocycles. The van der Waals surface area contributed by atoms with E-state index in [1.165, 1.54) is 6.20 Å². The summed E-state index contributed by atoms with van der Waals surface area (Å²) in [5, 5.41) is 12.4.